The smallest absolute Gasteiger partial charge is 0.197 e. The van der Waals surface area contributed by atoms with E-state index in [2.05, 4.69) is 15.2 Å². The number of nitrogens with two attached hydrogens (primary N) is 2. The number of rotatable bonds is 8. The second-order valence-electron chi connectivity index (χ2n) is 8.06. The number of guanidine groups is 1. The van der Waals surface area contributed by atoms with Gasteiger partial charge in [-0.2, -0.15) is 0 Å². The first-order valence-corrected chi connectivity index (χ1v) is 10.9. The Hall–Kier alpha value is -2.67. The van der Waals surface area contributed by atoms with Gasteiger partial charge in [-0.05, 0) is 80.8 Å². The molecule has 5 N–H and O–H groups in total. The zero-order valence-electron chi connectivity index (χ0n) is 18.2. The van der Waals surface area contributed by atoms with E-state index < -0.39 is 0 Å². The number of likely N-dealkylation sites (tertiary alicyclic amines) is 1. The van der Waals surface area contributed by atoms with E-state index in [1.54, 1.807) is 6.20 Å². The monoisotopic (exact) mass is 412 g/mol. The molecule has 0 spiro atoms. The van der Waals surface area contributed by atoms with Crippen LogP contribution in [-0.4, -0.2) is 37.6 Å². The van der Waals surface area contributed by atoms with Gasteiger partial charge in [-0.15, -0.1) is 0 Å². The van der Waals surface area contributed by atoms with Crippen LogP contribution in [0.25, 0.3) is 0 Å². The quantitative estimate of drug-likeness (QED) is 0.263. The van der Waals surface area contributed by atoms with E-state index in [-0.39, 0.29) is 0 Å². The molecule has 2 aliphatic rings. The number of piperidine rings is 1. The molecule has 0 aromatic heterocycles. The molecule has 30 heavy (non-hydrogen) atoms. The number of anilines is 1. The Bertz CT molecular complexity index is 737. The highest BCUT2D eigenvalue weighted by molar-refractivity contribution is 5.80. The standard InChI is InChI=1S/C23H36N6O/c1-3-12-27-23(26-2)28-13-8-18(9-14-28)22-17-19(22)10-16-30-21-6-4-20(5-7-21)29(25)15-11-24/h3-7,11-12,15,18-19,22H,8-10,13-14,16-17,24-25H2,1-2H3,(H,26,27)/b12-3-,15-11-. The summed E-state index contributed by atoms with van der Waals surface area (Å²) in [5.41, 5.74) is 6.24. The third kappa shape index (κ3) is 5.92. The number of benzene rings is 1. The predicted molar refractivity (Wildman–Crippen MR) is 124 cm³/mol. The van der Waals surface area contributed by atoms with Gasteiger partial charge in [0.05, 0.1) is 12.3 Å². The zero-order valence-corrected chi connectivity index (χ0v) is 18.2. The van der Waals surface area contributed by atoms with Gasteiger partial charge in [0.1, 0.15) is 5.75 Å². The van der Waals surface area contributed by atoms with Gasteiger partial charge >= 0.3 is 0 Å². The highest BCUT2D eigenvalue weighted by atomic mass is 16.5. The molecule has 2 atom stereocenters. The second-order valence-corrected chi connectivity index (χ2v) is 8.06. The van der Waals surface area contributed by atoms with Crippen molar-refractivity contribution in [2.24, 2.45) is 34.3 Å². The number of hydrogen-bond donors (Lipinski definition) is 3. The van der Waals surface area contributed by atoms with E-state index in [9.17, 15) is 0 Å². The summed E-state index contributed by atoms with van der Waals surface area (Å²) < 4.78 is 5.95. The minimum atomic E-state index is 0.772. The molecular weight excluding hydrogens is 376 g/mol. The number of nitrogens with one attached hydrogen (secondary N) is 1. The molecule has 0 amide bonds. The summed E-state index contributed by atoms with van der Waals surface area (Å²) in [5, 5.41) is 4.76. The highest BCUT2D eigenvalue weighted by Gasteiger charge is 2.43. The molecule has 7 heteroatoms. The van der Waals surface area contributed by atoms with Crippen molar-refractivity contribution < 1.29 is 4.74 Å². The largest absolute Gasteiger partial charge is 0.494 e. The van der Waals surface area contributed by atoms with E-state index in [0.29, 0.717) is 0 Å². The van der Waals surface area contributed by atoms with E-state index in [1.165, 1.54) is 30.5 Å². The fraction of sp³-hybridized carbons (Fsp3) is 0.522. The molecule has 1 saturated carbocycles. The summed E-state index contributed by atoms with van der Waals surface area (Å²) in [6.45, 7) is 4.96. The Morgan fingerprint density at radius 2 is 2.03 bits per heavy atom. The van der Waals surface area contributed by atoms with Gasteiger partial charge in [-0.25, -0.2) is 5.84 Å². The van der Waals surface area contributed by atoms with Gasteiger partial charge in [-0.1, -0.05) is 6.08 Å². The van der Waals surface area contributed by atoms with Gasteiger partial charge in [0.2, 0.25) is 0 Å². The Labute approximate surface area is 180 Å². The molecule has 1 aromatic carbocycles. The molecule has 164 valence electrons. The number of nitrogens with zero attached hydrogens (tertiary/aromatic N) is 3. The van der Waals surface area contributed by atoms with Gasteiger partial charge in [-0.3, -0.25) is 10.0 Å². The normalized spacial score (nSPS) is 22.6. The lowest BCUT2D eigenvalue weighted by Crippen LogP contribution is -2.44. The maximum Gasteiger partial charge on any atom is 0.197 e. The lowest BCUT2D eigenvalue weighted by atomic mass is 9.90. The molecule has 1 aromatic rings. The van der Waals surface area contributed by atoms with Gasteiger partial charge in [0, 0.05) is 32.5 Å². The predicted octanol–water partition coefficient (Wildman–Crippen LogP) is 3.02. The molecule has 0 radical (unpaired) electrons. The number of aliphatic imine (C=N–C) groups is 1. The molecule has 1 heterocycles. The Kier molecular flexibility index (Phi) is 8.02. The van der Waals surface area contributed by atoms with Crippen molar-refractivity contribution in [2.45, 2.75) is 32.6 Å². The molecule has 2 fully saturated rings. The fourth-order valence-electron chi connectivity index (χ4n) is 4.40. The lowest BCUT2D eigenvalue weighted by molar-refractivity contribution is 0.228. The SMILES string of the molecule is C/C=C\NC(=NC)N1CCC(C2CC2CCOc2ccc(N(N)/C=C\N)cc2)CC1. The molecule has 1 saturated heterocycles. The minimum absolute atomic E-state index is 0.772. The summed E-state index contributed by atoms with van der Waals surface area (Å²) >= 11 is 0. The van der Waals surface area contributed by atoms with Gasteiger partial charge < -0.3 is 20.7 Å². The van der Waals surface area contributed by atoms with E-state index in [4.69, 9.17) is 16.3 Å². The van der Waals surface area contributed by atoms with E-state index in [0.717, 1.165) is 61.3 Å². The first kappa shape index (κ1) is 22.0. The van der Waals surface area contributed by atoms with Crippen LogP contribution < -0.4 is 26.6 Å². The van der Waals surface area contributed by atoms with Crippen molar-refractivity contribution in [3.63, 3.8) is 0 Å². The third-order valence-corrected chi connectivity index (χ3v) is 6.15. The van der Waals surface area contributed by atoms with E-state index in [1.807, 2.05) is 50.5 Å². The Morgan fingerprint density at radius 3 is 2.67 bits per heavy atom. The van der Waals surface area contributed by atoms with Crippen LogP contribution in [0.15, 0.2) is 53.9 Å². The van der Waals surface area contributed by atoms with Crippen molar-refractivity contribution in [3.05, 3.63) is 48.9 Å². The molecular formula is C23H36N6O. The van der Waals surface area contributed by atoms with Crippen LogP contribution in [0.3, 0.4) is 0 Å². The van der Waals surface area contributed by atoms with Crippen LogP contribution in [0.1, 0.15) is 32.6 Å². The number of hydrazine groups is 1. The van der Waals surface area contributed by atoms with Crippen LogP contribution in [0, 0.1) is 17.8 Å². The first-order valence-electron chi connectivity index (χ1n) is 10.9. The van der Waals surface area contributed by atoms with Crippen LogP contribution in [0.2, 0.25) is 0 Å². The van der Waals surface area contributed by atoms with Crippen molar-refractivity contribution in [3.8, 4) is 5.75 Å². The van der Waals surface area contributed by atoms with Gasteiger partial charge in [0.15, 0.2) is 5.96 Å². The third-order valence-electron chi connectivity index (χ3n) is 6.15. The van der Waals surface area contributed by atoms with Crippen molar-refractivity contribution in [2.75, 3.05) is 31.8 Å². The summed E-state index contributed by atoms with van der Waals surface area (Å²) in [6.07, 6.45) is 12.0. The zero-order chi connectivity index (χ0) is 21.3. The van der Waals surface area contributed by atoms with Crippen molar-refractivity contribution in [1.29, 1.82) is 0 Å². The summed E-state index contributed by atoms with van der Waals surface area (Å²) in [5.74, 6) is 10.3. The van der Waals surface area contributed by atoms with Gasteiger partial charge in [0.25, 0.3) is 0 Å². The minimum Gasteiger partial charge on any atom is -0.494 e. The van der Waals surface area contributed by atoms with E-state index >= 15 is 0 Å². The van der Waals surface area contributed by atoms with Crippen LogP contribution in [0.5, 0.6) is 5.75 Å². The Balaban J connectivity index is 1.35. The summed E-state index contributed by atoms with van der Waals surface area (Å²) in [4.78, 5) is 6.76. The van der Waals surface area contributed by atoms with Crippen molar-refractivity contribution in [1.82, 2.24) is 10.2 Å². The summed E-state index contributed by atoms with van der Waals surface area (Å²) in [7, 11) is 1.85. The van der Waals surface area contributed by atoms with Crippen LogP contribution in [0.4, 0.5) is 5.69 Å². The first-order chi connectivity index (χ1) is 14.7. The number of ether oxygens (including phenoxy) is 1. The average molecular weight is 413 g/mol. The molecule has 3 rings (SSSR count). The lowest BCUT2D eigenvalue weighted by Gasteiger charge is -2.34. The maximum atomic E-state index is 5.95. The second kappa shape index (κ2) is 10.9. The van der Waals surface area contributed by atoms with Crippen LogP contribution in [-0.2, 0) is 0 Å². The average Bonchev–Trinajstić information content (AvgIpc) is 3.55. The number of allylic oxidation sites excluding steroid dienone is 1. The molecule has 0 bridgehead atoms. The molecule has 1 aliphatic carbocycles. The molecule has 7 nitrogen and oxygen atoms in total. The molecule has 1 aliphatic heterocycles. The van der Waals surface area contributed by atoms with Crippen LogP contribution >= 0.6 is 0 Å². The molecule has 2 unspecified atom stereocenters. The topological polar surface area (TPSA) is 92.1 Å². The van der Waals surface area contributed by atoms with Crippen molar-refractivity contribution >= 4 is 11.6 Å². The fourth-order valence-corrected chi connectivity index (χ4v) is 4.40. The Morgan fingerprint density at radius 1 is 1.30 bits per heavy atom. The summed E-state index contributed by atoms with van der Waals surface area (Å²) in [6, 6.07) is 7.77. The maximum absolute atomic E-state index is 5.95. The number of hydrogen-bond acceptors (Lipinski definition) is 5. The highest BCUT2D eigenvalue weighted by Crippen LogP contribution is 2.49.